The molecule has 1 fully saturated rings. The Morgan fingerprint density at radius 3 is 2.38 bits per heavy atom. The molecule has 2 unspecified atom stereocenters. The molecule has 1 aromatic carbocycles. The van der Waals surface area contributed by atoms with Crippen LogP contribution in [0.2, 0.25) is 0 Å². The minimum atomic E-state index is -1.52. The van der Waals surface area contributed by atoms with Gasteiger partial charge in [-0.3, -0.25) is 14.5 Å². The van der Waals surface area contributed by atoms with Gasteiger partial charge < -0.3 is 20.6 Å². The van der Waals surface area contributed by atoms with Gasteiger partial charge in [0.05, 0.1) is 5.57 Å². The van der Waals surface area contributed by atoms with Crippen LogP contribution in [0.4, 0.5) is 0 Å². The molecule has 0 aliphatic carbocycles. The number of carbonyl (C=O) groups excluding carboxylic acids is 2. The highest BCUT2D eigenvalue weighted by Gasteiger charge is 2.55. The van der Waals surface area contributed by atoms with Crippen LogP contribution in [0.5, 0.6) is 0 Å². The SMILES string of the molecule is O=C(O)C1=C(C(=O)O)N2C(=O)C(NC(=O)C(O)c3ccccc3)[C@@H]2SC1. The van der Waals surface area contributed by atoms with Gasteiger partial charge >= 0.3 is 11.9 Å². The molecule has 3 atom stereocenters. The summed E-state index contributed by atoms with van der Waals surface area (Å²) in [5.74, 6) is -4.56. The first-order valence-electron chi connectivity index (χ1n) is 7.50. The highest BCUT2D eigenvalue weighted by atomic mass is 32.2. The summed E-state index contributed by atoms with van der Waals surface area (Å²) in [6, 6.07) is 7.10. The van der Waals surface area contributed by atoms with Gasteiger partial charge in [-0.2, -0.15) is 0 Å². The quantitative estimate of drug-likeness (QED) is 0.504. The molecule has 2 aliphatic rings. The molecule has 2 amide bonds. The second kappa shape index (κ2) is 6.81. The van der Waals surface area contributed by atoms with Crippen molar-refractivity contribution < 1.29 is 34.5 Å². The van der Waals surface area contributed by atoms with Gasteiger partial charge in [0.25, 0.3) is 11.8 Å². The highest BCUT2D eigenvalue weighted by Crippen LogP contribution is 2.40. The number of rotatable bonds is 5. The first-order valence-corrected chi connectivity index (χ1v) is 8.55. The van der Waals surface area contributed by atoms with E-state index in [9.17, 15) is 29.4 Å². The van der Waals surface area contributed by atoms with Crippen LogP contribution in [0, 0.1) is 0 Å². The number of thioether (sulfide) groups is 1. The number of nitrogens with zero attached hydrogens (tertiary/aromatic N) is 1. The number of aliphatic hydroxyl groups is 1. The number of amides is 2. The molecule has 3 rings (SSSR count). The zero-order chi connectivity index (χ0) is 19.0. The van der Waals surface area contributed by atoms with Gasteiger partial charge in [0.15, 0.2) is 6.10 Å². The van der Waals surface area contributed by atoms with E-state index in [4.69, 9.17) is 5.11 Å². The Hall–Kier alpha value is -2.85. The monoisotopic (exact) mass is 378 g/mol. The van der Waals surface area contributed by atoms with Crippen LogP contribution < -0.4 is 5.32 Å². The standard InChI is InChI=1S/C16H14N2O7S/c19-11(7-4-2-1-3-5-7)12(20)17-9-13(21)18-10(16(24)25)8(15(22)23)6-26-14(9)18/h1-5,9,11,14,19H,6H2,(H,17,20)(H,22,23)(H,24,25)/t9?,11?,14-/m0/s1. The molecule has 136 valence electrons. The Morgan fingerprint density at radius 1 is 1.15 bits per heavy atom. The maximum Gasteiger partial charge on any atom is 0.353 e. The fourth-order valence-corrected chi connectivity index (χ4v) is 4.13. The number of hydrogen-bond acceptors (Lipinski definition) is 6. The Balaban J connectivity index is 1.76. The van der Waals surface area contributed by atoms with E-state index < -0.39 is 47.0 Å². The number of aliphatic hydroxyl groups excluding tert-OH is 1. The number of hydrogen-bond donors (Lipinski definition) is 4. The van der Waals surface area contributed by atoms with Crippen LogP contribution in [0.15, 0.2) is 41.6 Å². The molecule has 1 aromatic rings. The van der Waals surface area contributed by atoms with Crippen LogP contribution >= 0.6 is 11.8 Å². The number of benzene rings is 1. The Morgan fingerprint density at radius 2 is 1.81 bits per heavy atom. The average molecular weight is 378 g/mol. The zero-order valence-corrected chi connectivity index (χ0v) is 14.0. The number of carboxylic acids is 2. The zero-order valence-electron chi connectivity index (χ0n) is 13.2. The van der Waals surface area contributed by atoms with Crippen LogP contribution in [-0.4, -0.2) is 61.1 Å². The van der Waals surface area contributed by atoms with E-state index in [0.29, 0.717) is 5.56 Å². The molecule has 10 heteroatoms. The fourth-order valence-electron chi connectivity index (χ4n) is 2.80. The lowest BCUT2D eigenvalue weighted by Crippen LogP contribution is -2.71. The van der Waals surface area contributed by atoms with E-state index in [2.05, 4.69) is 5.32 Å². The van der Waals surface area contributed by atoms with Crippen molar-refractivity contribution in [3.63, 3.8) is 0 Å². The minimum Gasteiger partial charge on any atom is -0.478 e. The van der Waals surface area contributed by atoms with Crippen LogP contribution in [0.25, 0.3) is 0 Å². The molecule has 0 aromatic heterocycles. The topological polar surface area (TPSA) is 144 Å². The first kappa shape index (κ1) is 18.0. The maximum atomic E-state index is 12.3. The molecule has 0 spiro atoms. The Bertz CT molecular complexity index is 823. The molecule has 0 saturated carbocycles. The molecular formula is C16H14N2O7S. The Labute approximate surface area is 151 Å². The van der Waals surface area contributed by atoms with Crippen molar-refractivity contribution in [3.8, 4) is 0 Å². The van der Waals surface area contributed by atoms with Crippen molar-refractivity contribution in [3.05, 3.63) is 47.2 Å². The molecule has 0 radical (unpaired) electrons. The second-order valence-electron chi connectivity index (χ2n) is 5.65. The van der Waals surface area contributed by atoms with Crippen molar-refractivity contribution in [2.24, 2.45) is 0 Å². The fraction of sp³-hybridized carbons (Fsp3) is 0.250. The minimum absolute atomic E-state index is 0.112. The van der Waals surface area contributed by atoms with Gasteiger partial charge in [-0.15, -0.1) is 11.8 Å². The summed E-state index contributed by atoms with van der Waals surface area (Å²) in [6.07, 6.45) is -1.48. The lowest BCUT2D eigenvalue weighted by Gasteiger charge is -2.49. The van der Waals surface area contributed by atoms with Crippen LogP contribution in [-0.2, 0) is 19.2 Å². The van der Waals surface area contributed by atoms with Crippen LogP contribution in [0.1, 0.15) is 11.7 Å². The van der Waals surface area contributed by atoms with E-state index in [0.717, 1.165) is 16.7 Å². The average Bonchev–Trinajstić information content (AvgIpc) is 2.64. The first-order chi connectivity index (χ1) is 12.3. The summed E-state index contributed by atoms with van der Waals surface area (Å²) in [6.45, 7) is 0. The third-order valence-electron chi connectivity index (χ3n) is 4.09. The molecule has 26 heavy (non-hydrogen) atoms. The predicted molar refractivity (Wildman–Crippen MR) is 88.7 cm³/mol. The molecular weight excluding hydrogens is 364 g/mol. The molecule has 0 bridgehead atoms. The second-order valence-corrected chi connectivity index (χ2v) is 6.75. The highest BCUT2D eigenvalue weighted by molar-refractivity contribution is 8.00. The summed E-state index contributed by atoms with van der Waals surface area (Å²) in [5.41, 5.74) is -0.606. The summed E-state index contributed by atoms with van der Waals surface area (Å²) >= 11 is 1.04. The lowest BCUT2D eigenvalue weighted by atomic mass is 10.0. The van der Waals surface area contributed by atoms with E-state index in [1.54, 1.807) is 30.3 Å². The number of carboxylic acid groups (broad SMARTS) is 2. The summed E-state index contributed by atoms with van der Waals surface area (Å²) in [4.78, 5) is 47.9. The molecule has 2 heterocycles. The number of nitrogens with one attached hydrogen (secondary N) is 1. The van der Waals surface area contributed by atoms with Gasteiger partial charge in [0.2, 0.25) is 0 Å². The molecule has 1 saturated heterocycles. The van der Waals surface area contributed by atoms with Gasteiger partial charge in [0, 0.05) is 5.75 Å². The van der Waals surface area contributed by atoms with Gasteiger partial charge in [-0.05, 0) is 5.56 Å². The van der Waals surface area contributed by atoms with Crippen molar-refractivity contribution in [2.45, 2.75) is 17.5 Å². The van der Waals surface area contributed by atoms with E-state index in [1.165, 1.54) is 0 Å². The number of fused-ring (bicyclic) bond motifs is 1. The third kappa shape index (κ3) is 2.93. The largest absolute Gasteiger partial charge is 0.478 e. The molecule has 9 nitrogen and oxygen atoms in total. The number of β-lactam (4-membered cyclic amide) rings is 1. The maximum absolute atomic E-state index is 12.3. The van der Waals surface area contributed by atoms with E-state index >= 15 is 0 Å². The van der Waals surface area contributed by atoms with Gasteiger partial charge in [-0.1, -0.05) is 30.3 Å². The Kier molecular flexibility index (Phi) is 4.70. The van der Waals surface area contributed by atoms with Crippen LogP contribution in [0.3, 0.4) is 0 Å². The summed E-state index contributed by atoms with van der Waals surface area (Å²) in [5, 5.41) is 30.1. The number of carbonyl (C=O) groups is 4. The smallest absolute Gasteiger partial charge is 0.353 e. The number of aliphatic carboxylic acids is 2. The van der Waals surface area contributed by atoms with Gasteiger partial charge in [-0.25, -0.2) is 9.59 Å². The van der Waals surface area contributed by atoms with E-state index in [-0.39, 0.29) is 11.3 Å². The van der Waals surface area contributed by atoms with Crippen molar-refractivity contribution in [2.75, 3.05) is 5.75 Å². The van der Waals surface area contributed by atoms with Crippen molar-refractivity contribution >= 4 is 35.5 Å². The molecule has 4 N–H and O–H groups in total. The third-order valence-corrected chi connectivity index (χ3v) is 5.37. The van der Waals surface area contributed by atoms with Crippen molar-refractivity contribution in [1.82, 2.24) is 10.2 Å². The van der Waals surface area contributed by atoms with Crippen molar-refractivity contribution in [1.29, 1.82) is 0 Å². The lowest BCUT2D eigenvalue weighted by molar-refractivity contribution is -0.152. The normalized spacial score (nSPS) is 23.0. The predicted octanol–water partition coefficient (Wildman–Crippen LogP) is -0.457. The summed E-state index contributed by atoms with van der Waals surface area (Å²) < 4.78 is 0. The van der Waals surface area contributed by atoms with E-state index in [1.807, 2.05) is 0 Å². The molecule has 2 aliphatic heterocycles. The summed E-state index contributed by atoms with van der Waals surface area (Å²) in [7, 11) is 0. The van der Waals surface area contributed by atoms with Gasteiger partial charge in [0.1, 0.15) is 17.1 Å².